The third-order valence-corrected chi connectivity index (χ3v) is 2.38. The van der Waals surface area contributed by atoms with Crippen LogP contribution in [-0.4, -0.2) is 10.2 Å². The predicted octanol–water partition coefficient (Wildman–Crippen LogP) is 2.70. The normalized spacial score (nSPS) is 10.5. The van der Waals surface area contributed by atoms with Crippen LogP contribution >= 0.6 is 15.9 Å². The number of halogens is 1. The SMILES string of the molecule is Cc1ccc2c(Br)cnnc2c1. The van der Waals surface area contributed by atoms with Crippen LogP contribution in [0.4, 0.5) is 0 Å². The molecular weight excluding hydrogens is 216 g/mol. The second-order valence-corrected chi connectivity index (χ2v) is 3.57. The van der Waals surface area contributed by atoms with Crippen molar-refractivity contribution in [3.63, 3.8) is 0 Å². The quantitative estimate of drug-likeness (QED) is 0.686. The van der Waals surface area contributed by atoms with Crippen LogP contribution in [0.5, 0.6) is 0 Å². The zero-order valence-corrected chi connectivity index (χ0v) is 8.17. The molecule has 0 aliphatic carbocycles. The van der Waals surface area contributed by atoms with E-state index in [9.17, 15) is 0 Å². The molecule has 2 nitrogen and oxygen atoms in total. The van der Waals surface area contributed by atoms with Crippen molar-refractivity contribution >= 4 is 26.8 Å². The van der Waals surface area contributed by atoms with E-state index >= 15 is 0 Å². The molecule has 0 radical (unpaired) electrons. The summed E-state index contributed by atoms with van der Waals surface area (Å²) in [6, 6.07) is 6.13. The van der Waals surface area contributed by atoms with Crippen LogP contribution in [0.1, 0.15) is 5.56 Å². The second kappa shape index (κ2) is 2.83. The van der Waals surface area contributed by atoms with Gasteiger partial charge in [-0.15, -0.1) is 0 Å². The second-order valence-electron chi connectivity index (χ2n) is 2.71. The molecule has 3 heteroatoms. The maximum Gasteiger partial charge on any atom is 0.0943 e. The summed E-state index contributed by atoms with van der Waals surface area (Å²) in [6.45, 7) is 2.04. The standard InChI is InChI=1S/C9H7BrN2/c1-6-2-3-7-8(10)5-11-12-9(7)4-6/h2-5H,1H3. The number of benzene rings is 1. The van der Waals surface area contributed by atoms with Gasteiger partial charge in [0.05, 0.1) is 11.7 Å². The van der Waals surface area contributed by atoms with Gasteiger partial charge in [0.2, 0.25) is 0 Å². The molecule has 0 fully saturated rings. The van der Waals surface area contributed by atoms with Gasteiger partial charge in [-0.2, -0.15) is 10.2 Å². The van der Waals surface area contributed by atoms with Crippen molar-refractivity contribution in [3.8, 4) is 0 Å². The van der Waals surface area contributed by atoms with Gasteiger partial charge in [-0.3, -0.25) is 0 Å². The lowest BCUT2D eigenvalue weighted by Gasteiger charge is -1.98. The van der Waals surface area contributed by atoms with E-state index in [2.05, 4.69) is 32.2 Å². The summed E-state index contributed by atoms with van der Waals surface area (Å²) in [6.07, 6.45) is 1.71. The molecule has 0 N–H and O–H groups in total. The summed E-state index contributed by atoms with van der Waals surface area (Å²) in [5.74, 6) is 0. The average Bonchev–Trinajstić information content (AvgIpc) is 2.04. The zero-order valence-electron chi connectivity index (χ0n) is 6.58. The third kappa shape index (κ3) is 1.20. The van der Waals surface area contributed by atoms with Crippen molar-refractivity contribution in [3.05, 3.63) is 34.4 Å². The van der Waals surface area contributed by atoms with Crippen LogP contribution in [-0.2, 0) is 0 Å². The first-order valence-electron chi connectivity index (χ1n) is 3.65. The highest BCUT2D eigenvalue weighted by Crippen LogP contribution is 2.21. The van der Waals surface area contributed by atoms with Crippen LogP contribution in [0.15, 0.2) is 28.9 Å². The third-order valence-electron chi connectivity index (χ3n) is 1.75. The number of fused-ring (bicyclic) bond motifs is 1. The molecule has 2 aromatic rings. The first kappa shape index (κ1) is 7.68. The fourth-order valence-electron chi connectivity index (χ4n) is 1.14. The molecule has 0 bridgehead atoms. The summed E-state index contributed by atoms with van der Waals surface area (Å²) in [5, 5.41) is 8.99. The van der Waals surface area contributed by atoms with E-state index in [0.717, 1.165) is 15.4 Å². The lowest BCUT2D eigenvalue weighted by molar-refractivity contribution is 1.07. The molecule has 0 aliphatic rings. The van der Waals surface area contributed by atoms with Crippen molar-refractivity contribution < 1.29 is 0 Å². The lowest BCUT2D eigenvalue weighted by Crippen LogP contribution is -1.84. The highest BCUT2D eigenvalue weighted by molar-refractivity contribution is 9.10. The fourth-order valence-corrected chi connectivity index (χ4v) is 1.56. The molecule has 0 saturated carbocycles. The van der Waals surface area contributed by atoms with Crippen molar-refractivity contribution in [2.75, 3.05) is 0 Å². The molecule has 2 rings (SSSR count). The van der Waals surface area contributed by atoms with Crippen molar-refractivity contribution in [2.24, 2.45) is 0 Å². The molecule has 12 heavy (non-hydrogen) atoms. The Morgan fingerprint density at radius 1 is 1.33 bits per heavy atom. The lowest BCUT2D eigenvalue weighted by atomic mass is 10.2. The Labute approximate surface area is 78.8 Å². The fraction of sp³-hybridized carbons (Fsp3) is 0.111. The van der Waals surface area contributed by atoms with E-state index in [0.29, 0.717) is 0 Å². The molecular formula is C9H7BrN2. The molecule has 60 valence electrons. The van der Waals surface area contributed by atoms with Crippen molar-refractivity contribution in [1.82, 2.24) is 10.2 Å². The molecule has 0 amide bonds. The molecule has 0 aliphatic heterocycles. The van der Waals surface area contributed by atoms with Gasteiger partial charge in [-0.1, -0.05) is 12.1 Å². The zero-order chi connectivity index (χ0) is 8.55. The Kier molecular flexibility index (Phi) is 1.81. The van der Waals surface area contributed by atoms with Gasteiger partial charge in [0, 0.05) is 9.86 Å². The van der Waals surface area contributed by atoms with Crippen LogP contribution in [0.3, 0.4) is 0 Å². The minimum absolute atomic E-state index is 0.935. The van der Waals surface area contributed by atoms with E-state index in [4.69, 9.17) is 0 Å². The Hall–Kier alpha value is -0.960. The molecule has 1 aromatic carbocycles. The van der Waals surface area contributed by atoms with Crippen molar-refractivity contribution in [1.29, 1.82) is 0 Å². The average molecular weight is 223 g/mol. The number of nitrogens with zero attached hydrogens (tertiary/aromatic N) is 2. The number of rotatable bonds is 0. The summed E-state index contributed by atoms with van der Waals surface area (Å²) < 4.78 is 0.993. The molecule has 0 atom stereocenters. The smallest absolute Gasteiger partial charge is 0.0943 e. The molecule has 0 saturated heterocycles. The number of aromatic nitrogens is 2. The van der Waals surface area contributed by atoms with Gasteiger partial charge in [0.15, 0.2) is 0 Å². The first-order chi connectivity index (χ1) is 5.77. The highest BCUT2D eigenvalue weighted by Gasteiger charge is 1.98. The first-order valence-corrected chi connectivity index (χ1v) is 4.44. The minimum atomic E-state index is 0.935. The van der Waals surface area contributed by atoms with Crippen molar-refractivity contribution in [2.45, 2.75) is 6.92 Å². The topological polar surface area (TPSA) is 25.8 Å². The molecule has 1 aromatic heterocycles. The van der Waals surface area contributed by atoms with Gasteiger partial charge in [-0.05, 0) is 34.5 Å². The maximum absolute atomic E-state index is 4.02. The molecule has 1 heterocycles. The van der Waals surface area contributed by atoms with E-state index in [1.54, 1.807) is 6.20 Å². The minimum Gasteiger partial charge on any atom is -0.157 e. The van der Waals surface area contributed by atoms with Crippen LogP contribution in [0.2, 0.25) is 0 Å². The Morgan fingerprint density at radius 2 is 2.17 bits per heavy atom. The Balaban J connectivity index is 2.86. The van der Waals surface area contributed by atoms with E-state index in [1.807, 2.05) is 19.1 Å². The van der Waals surface area contributed by atoms with Gasteiger partial charge < -0.3 is 0 Å². The molecule has 0 spiro atoms. The van der Waals surface area contributed by atoms with Crippen LogP contribution in [0, 0.1) is 6.92 Å². The number of aryl methyl sites for hydroxylation is 1. The Morgan fingerprint density at radius 3 is 3.00 bits per heavy atom. The largest absolute Gasteiger partial charge is 0.157 e. The highest BCUT2D eigenvalue weighted by atomic mass is 79.9. The van der Waals surface area contributed by atoms with E-state index < -0.39 is 0 Å². The summed E-state index contributed by atoms with van der Waals surface area (Å²) in [4.78, 5) is 0. The van der Waals surface area contributed by atoms with Gasteiger partial charge >= 0.3 is 0 Å². The predicted molar refractivity (Wildman–Crippen MR) is 52.0 cm³/mol. The number of hydrogen-bond acceptors (Lipinski definition) is 2. The van der Waals surface area contributed by atoms with Crippen LogP contribution in [0.25, 0.3) is 10.9 Å². The summed E-state index contributed by atoms with van der Waals surface area (Å²) in [7, 11) is 0. The van der Waals surface area contributed by atoms with Gasteiger partial charge in [0.25, 0.3) is 0 Å². The molecule has 0 unspecified atom stereocenters. The Bertz CT molecular complexity index is 426. The van der Waals surface area contributed by atoms with Gasteiger partial charge in [0.1, 0.15) is 0 Å². The summed E-state index contributed by atoms with van der Waals surface area (Å²) >= 11 is 3.42. The van der Waals surface area contributed by atoms with Gasteiger partial charge in [-0.25, -0.2) is 0 Å². The maximum atomic E-state index is 4.02. The number of hydrogen-bond donors (Lipinski definition) is 0. The van der Waals surface area contributed by atoms with Crippen LogP contribution < -0.4 is 0 Å². The van der Waals surface area contributed by atoms with E-state index in [1.165, 1.54) is 5.56 Å². The van der Waals surface area contributed by atoms with E-state index in [-0.39, 0.29) is 0 Å². The monoisotopic (exact) mass is 222 g/mol. The summed E-state index contributed by atoms with van der Waals surface area (Å²) in [5.41, 5.74) is 2.14.